The molecule has 0 saturated carbocycles. The van der Waals surface area contributed by atoms with Gasteiger partial charge < -0.3 is 10.1 Å². The van der Waals surface area contributed by atoms with Gasteiger partial charge in [-0.05, 0) is 43.3 Å². The van der Waals surface area contributed by atoms with Gasteiger partial charge in [0.2, 0.25) is 0 Å². The molecule has 0 fully saturated rings. The van der Waals surface area contributed by atoms with Crippen LogP contribution in [0.4, 0.5) is 0 Å². The van der Waals surface area contributed by atoms with Crippen LogP contribution in [0.3, 0.4) is 0 Å². The fraction of sp³-hybridized carbons (Fsp3) is 0.267. The summed E-state index contributed by atoms with van der Waals surface area (Å²) in [5.74, 6) is 0.773. The summed E-state index contributed by atoms with van der Waals surface area (Å²) in [7, 11) is 3.56. The molecule has 2 rings (SSSR count). The number of halogens is 1. The van der Waals surface area contributed by atoms with E-state index in [1.54, 1.807) is 13.3 Å². The molecule has 1 unspecified atom stereocenters. The first kappa shape index (κ1) is 13.8. The third kappa shape index (κ3) is 2.88. The molecule has 1 aromatic carbocycles. The van der Waals surface area contributed by atoms with Gasteiger partial charge in [-0.3, -0.25) is 4.98 Å². The molecule has 0 radical (unpaired) electrons. The van der Waals surface area contributed by atoms with Crippen molar-refractivity contribution in [3.63, 3.8) is 0 Å². The van der Waals surface area contributed by atoms with Crippen molar-refractivity contribution < 1.29 is 4.74 Å². The second-order valence-electron chi connectivity index (χ2n) is 4.32. The van der Waals surface area contributed by atoms with E-state index in [0.717, 1.165) is 27.6 Å². The predicted molar refractivity (Wildman–Crippen MR) is 77.9 cm³/mol. The maximum atomic E-state index is 6.07. The van der Waals surface area contributed by atoms with Gasteiger partial charge in [-0.2, -0.15) is 0 Å². The monoisotopic (exact) mass is 276 g/mol. The summed E-state index contributed by atoms with van der Waals surface area (Å²) in [5, 5.41) is 4.04. The zero-order valence-electron chi connectivity index (χ0n) is 11.3. The molecule has 2 aromatic rings. The van der Waals surface area contributed by atoms with Gasteiger partial charge in [0.25, 0.3) is 0 Å². The van der Waals surface area contributed by atoms with Gasteiger partial charge in [0.05, 0.1) is 13.2 Å². The lowest BCUT2D eigenvalue weighted by atomic mass is 10.0. The van der Waals surface area contributed by atoms with Crippen molar-refractivity contribution in [2.75, 3.05) is 14.2 Å². The van der Waals surface area contributed by atoms with Gasteiger partial charge in [0, 0.05) is 11.2 Å². The average Bonchev–Trinajstić information content (AvgIpc) is 2.44. The number of pyridine rings is 1. The highest BCUT2D eigenvalue weighted by atomic mass is 35.5. The molecule has 1 atom stereocenters. The van der Waals surface area contributed by atoms with E-state index in [9.17, 15) is 0 Å². The molecule has 1 heterocycles. The topological polar surface area (TPSA) is 34.2 Å². The number of benzene rings is 1. The predicted octanol–water partition coefficient (Wildman–Crippen LogP) is 3.36. The van der Waals surface area contributed by atoms with E-state index in [0.29, 0.717) is 0 Å². The average molecular weight is 277 g/mol. The van der Waals surface area contributed by atoms with Crippen LogP contribution in [0.1, 0.15) is 22.9 Å². The largest absolute Gasteiger partial charge is 0.495 e. The lowest BCUT2D eigenvalue weighted by Crippen LogP contribution is -2.19. The molecule has 0 aliphatic heterocycles. The van der Waals surface area contributed by atoms with E-state index in [1.165, 1.54) is 0 Å². The number of aromatic nitrogens is 1. The third-order valence-electron chi connectivity index (χ3n) is 3.10. The number of ether oxygens (including phenoxy) is 1. The van der Waals surface area contributed by atoms with E-state index in [4.69, 9.17) is 16.3 Å². The minimum Gasteiger partial charge on any atom is -0.495 e. The zero-order chi connectivity index (χ0) is 13.8. The molecule has 0 aliphatic carbocycles. The molecule has 100 valence electrons. The second kappa shape index (κ2) is 6.04. The molecule has 0 aliphatic rings. The van der Waals surface area contributed by atoms with Crippen molar-refractivity contribution in [3.05, 3.63) is 58.4 Å². The Hall–Kier alpha value is -1.58. The number of aryl methyl sites for hydroxylation is 1. The third-order valence-corrected chi connectivity index (χ3v) is 3.52. The lowest BCUT2D eigenvalue weighted by molar-refractivity contribution is 0.401. The van der Waals surface area contributed by atoms with Gasteiger partial charge in [-0.25, -0.2) is 0 Å². The van der Waals surface area contributed by atoms with E-state index < -0.39 is 0 Å². The Bertz CT molecular complexity index is 572. The van der Waals surface area contributed by atoms with Crippen LogP contribution in [-0.4, -0.2) is 19.1 Å². The highest BCUT2D eigenvalue weighted by Gasteiger charge is 2.18. The van der Waals surface area contributed by atoms with E-state index in [-0.39, 0.29) is 6.04 Å². The Morgan fingerprint density at radius 1 is 1.32 bits per heavy atom. The molecule has 0 saturated heterocycles. The molecule has 0 spiro atoms. The Labute approximate surface area is 118 Å². The summed E-state index contributed by atoms with van der Waals surface area (Å²) in [6.45, 7) is 1.99. The van der Waals surface area contributed by atoms with Crippen LogP contribution in [-0.2, 0) is 0 Å². The van der Waals surface area contributed by atoms with E-state index >= 15 is 0 Å². The maximum absolute atomic E-state index is 6.07. The number of hydrogen-bond acceptors (Lipinski definition) is 3. The second-order valence-corrected chi connectivity index (χ2v) is 4.73. The quantitative estimate of drug-likeness (QED) is 0.930. The molecule has 3 nitrogen and oxygen atoms in total. The fourth-order valence-electron chi connectivity index (χ4n) is 2.10. The summed E-state index contributed by atoms with van der Waals surface area (Å²) < 4.78 is 5.38. The highest BCUT2D eigenvalue weighted by molar-refractivity contribution is 6.31. The van der Waals surface area contributed by atoms with Crippen LogP contribution in [0.5, 0.6) is 5.75 Å². The molecular weight excluding hydrogens is 260 g/mol. The molecule has 1 N–H and O–H groups in total. The Balaban J connectivity index is 2.46. The Morgan fingerprint density at radius 2 is 2.11 bits per heavy atom. The summed E-state index contributed by atoms with van der Waals surface area (Å²) in [6, 6.07) is 9.73. The van der Waals surface area contributed by atoms with Crippen molar-refractivity contribution in [1.29, 1.82) is 0 Å². The van der Waals surface area contributed by atoms with Crippen LogP contribution >= 0.6 is 11.6 Å². The fourth-order valence-corrected chi connectivity index (χ4v) is 2.22. The van der Waals surface area contributed by atoms with Gasteiger partial charge >= 0.3 is 0 Å². The lowest BCUT2D eigenvalue weighted by Gasteiger charge is -2.19. The maximum Gasteiger partial charge on any atom is 0.142 e. The van der Waals surface area contributed by atoms with Crippen molar-refractivity contribution in [3.8, 4) is 5.75 Å². The Kier molecular flexibility index (Phi) is 4.40. The van der Waals surface area contributed by atoms with Gasteiger partial charge in [0.15, 0.2) is 0 Å². The van der Waals surface area contributed by atoms with Crippen LogP contribution in [0.2, 0.25) is 5.02 Å². The first-order chi connectivity index (χ1) is 9.17. The van der Waals surface area contributed by atoms with Crippen LogP contribution in [0, 0.1) is 6.92 Å². The number of methoxy groups -OCH3 is 1. The van der Waals surface area contributed by atoms with Crippen molar-refractivity contribution >= 4 is 11.6 Å². The number of nitrogens with zero attached hydrogens (tertiary/aromatic N) is 1. The first-order valence-electron chi connectivity index (χ1n) is 6.09. The first-order valence-corrected chi connectivity index (χ1v) is 6.47. The smallest absolute Gasteiger partial charge is 0.142 e. The molecule has 0 bridgehead atoms. The number of rotatable bonds is 4. The normalized spacial score (nSPS) is 12.2. The summed E-state index contributed by atoms with van der Waals surface area (Å²) in [5.41, 5.74) is 3.03. The highest BCUT2D eigenvalue weighted by Crippen LogP contribution is 2.29. The number of nitrogens with one attached hydrogen (secondary N) is 1. The standard InChI is InChI=1S/C15H17ClN2O/c1-10-9-11(6-7-12(10)16)14(17-2)15-13(19-3)5-4-8-18-15/h4-9,14,17H,1-3H3. The molecular formula is C15H17ClN2O. The van der Waals surface area contributed by atoms with Gasteiger partial charge in [-0.15, -0.1) is 0 Å². The van der Waals surface area contributed by atoms with E-state index in [1.807, 2.05) is 38.2 Å². The van der Waals surface area contributed by atoms with Crippen molar-refractivity contribution in [2.45, 2.75) is 13.0 Å². The molecule has 4 heteroatoms. The van der Waals surface area contributed by atoms with E-state index in [2.05, 4.69) is 16.4 Å². The molecule has 0 amide bonds. The number of hydrogen-bond donors (Lipinski definition) is 1. The summed E-state index contributed by atoms with van der Waals surface area (Å²) in [6.07, 6.45) is 1.77. The molecule has 1 aromatic heterocycles. The van der Waals surface area contributed by atoms with Crippen LogP contribution in [0.25, 0.3) is 0 Å². The SMILES string of the molecule is CNC(c1ccc(Cl)c(C)c1)c1ncccc1OC. The minimum absolute atomic E-state index is 0.0212. The van der Waals surface area contributed by atoms with Crippen molar-refractivity contribution in [2.24, 2.45) is 0 Å². The van der Waals surface area contributed by atoms with Crippen LogP contribution in [0.15, 0.2) is 36.5 Å². The van der Waals surface area contributed by atoms with Gasteiger partial charge in [-0.1, -0.05) is 23.7 Å². The zero-order valence-corrected chi connectivity index (χ0v) is 12.0. The van der Waals surface area contributed by atoms with Crippen LogP contribution < -0.4 is 10.1 Å². The van der Waals surface area contributed by atoms with Gasteiger partial charge in [0.1, 0.15) is 11.4 Å². The Morgan fingerprint density at radius 3 is 2.74 bits per heavy atom. The van der Waals surface area contributed by atoms with Crippen molar-refractivity contribution in [1.82, 2.24) is 10.3 Å². The summed E-state index contributed by atoms with van der Waals surface area (Å²) in [4.78, 5) is 4.43. The minimum atomic E-state index is -0.0212. The molecule has 19 heavy (non-hydrogen) atoms. The summed E-state index contributed by atoms with van der Waals surface area (Å²) >= 11 is 6.07.